The molecule has 0 aliphatic carbocycles. The van der Waals surface area contributed by atoms with Crippen LogP contribution in [0.1, 0.15) is 39.1 Å². The summed E-state index contributed by atoms with van der Waals surface area (Å²) in [6.07, 6.45) is 1.34. The van der Waals surface area contributed by atoms with Gasteiger partial charge in [-0.2, -0.15) is 5.10 Å². The molecule has 10 heteroatoms. The van der Waals surface area contributed by atoms with E-state index < -0.39 is 15.8 Å². The normalized spacial score (nSPS) is 22.7. The summed E-state index contributed by atoms with van der Waals surface area (Å²) < 4.78 is 52.1. The van der Waals surface area contributed by atoms with E-state index in [0.717, 1.165) is 0 Å². The summed E-state index contributed by atoms with van der Waals surface area (Å²) in [5, 5.41) is 4.89. The van der Waals surface area contributed by atoms with E-state index in [9.17, 15) is 17.2 Å². The third-order valence-corrected chi connectivity index (χ3v) is 6.60. The van der Waals surface area contributed by atoms with Gasteiger partial charge in [0.2, 0.25) is 0 Å². The van der Waals surface area contributed by atoms with Crippen molar-refractivity contribution in [2.75, 3.05) is 29.5 Å². The molecule has 2 aromatic rings. The molecule has 0 aromatic carbocycles. The van der Waals surface area contributed by atoms with Crippen LogP contribution >= 0.6 is 0 Å². The Hall–Kier alpha value is -1.84. The van der Waals surface area contributed by atoms with E-state index >= 15 is 0 Å². The smallest absolute Gasteiger partial charge is 0.266 e. The number of aromatic nitrogens is 4. The summed E-state index contributed by atoms with van der Waals surface area (Å²) in [6.45, 7) is 5.68. The zero-order valence-corrected chi connectivity index (χ0v) is 15.7. The Bertz CT molecular complexity index is 968. The second kappa shape index (κ2) is 5.34. The summed E-state index contributed by atoms with van der Waals surface area (Å²) in [4.78, 5) is 10.8. The van der Waals surface area contributed by atoms with Crippen LogP contribution in [0.5, 0.6) is 0 Å². The molecule has 0 amide bonds. The maximum Gasteiger partial charge on any atom is 0.266 e. The van der Waals surface area contributed by atoms with Crippen LogP contribution < -0.4 is 4.90 Å². The van der Waals surface area contributed by atoms with Gasteiger partial charge in [0, 0.05) is 18.4 Å². The number of hydrogen-bond donors (Lipinski definition) is 0. The number of fused-ring (bicyclic) bond motifs is 1. The lowest BCUT2D eigenvalue weighted by Gasteiger charge is -2.27. The maximum absolute atomic E-state index is 13.7. The van der Waals surface area contributed by atoms with Gasteiger partial charge in [-0.3, -0.25) is 0 Å². The van der Waals surface area contributed by atoms with Crippen LogP contribution in [0.4, 0.5) is 14.6 Å². The molecule has 4 rings (SSSR count). The molecule has 0 saturated carbocycles. The second-order valence-electron chi connectivity index (χ2n) is 8.21. The zero-order chi connectivity index (χ0) is 18.9. The number of alkyl halides is 2. The van der Waals surface area contributed by atoms with Crippen LogP contribution in [0.3, 0.4) is 0 Å². The largest absolute Gasteiger partial charge is 0.350 e. The first-order valence-electron chi connectivity index (χ1n) is 8.54. The molecule has 2 aliphatic rings. The average Bonchev–Trinajstić information content (AvgIpc) is 3.05. The molecule has 0 N–H and O–H groups in total. The first-order chi connectivity index (χ1) is 12.0. The summed E-state index contributed by atoms with van der Waals surface area (Å²) in [6, 6.07) is -0.270. The summed E-state index contributed by atoms with van der Waals surface area (Å²) >= 11 is 0. The van der Waals surface area contributed by atoms with Crippen molar-refractivity contribution in [3.63, 3.8) is 0 Å². The second-order valence-corrected chi connectivity index (χ2v) is 10.4. The first-order valence-corrected chi connectivity index (χ1v) is 10.4. The minimum Gasteiger partial charge on any atom is -0.350 e. The third-order valence-electron chi connectivity index (χ3n) is 4.81. The maximum atomic E-state index is 13.7. The molecular weight excluding hydrogens is 364 g/mol. The van der Waals surface area contributed by atoms with Gasteiger partial charge in [-0.15, -0.1) is 0 Å². The molecule has 0 atom stereocenters. The quantitative estimate of drug-likeness (QED) is 0.786. The first kappa shape index (κ1) is 17.6. The molecule has 142 valence electrons. The van der Waals surface area contributed by atoms with Crippen LogP contribution in [0.15, 0.2) is 6.20 Å². The third kappa shape index (κ3) is 2.93. The van der Waals surface area contributed by atoms with Gasteiger partial charge < -0.3 is 4.90 Å². The minimum atomic E-state index is -3.02. The van der Waals surface area contributed by atoms with Crippen molar-refractivity contribution in [1.29, 1.82) is 0 Å². The Morgan fingerprint density at radius 3 is 2.46 bits per heavy atom. The number of sulfone groups is 1. The van der Waals surface area contributed by atoms with Crippen LogP contribution in [0.25, 0.3) is 11.0 Å². The molecule has 0 bridgehead atoms. The number of anilines is 1. The topological polar surface area (TPSA) is 81.0 Å². The summed E-state index contributed by atoms with van der Waals surface area (Å²) in [5.74, 6) is -1.72. The monoisotopic (exact) mass is 385 g/mol. The lowest BCUT2D eigenvalue weighted by Crippen LogP contribution is -2.38. The molecule has 2 fully saturated rings. The highest BCUT2D eigenvalue weighted by Crippen LogP contribution is 2.36. The lowest BCUT2D eigenvalue weighted by atomic mass is 9.95. The molecule has 7 nitrogen and oxygen atoms in total. The Balaban J connectivity index is 1.84. The summed E-state index contributed by atoms with van der Waals surface area (Å²) in [5.41, 5.74) is 0.126. The Morgan fingerprint density at radius 2 is 1.92 bits per heavy atom. The molecule has 2 aliphatic heterocycles. The van der Waals surface area contributed by atoms with Crippen molar-refractivity contribution in [3.8, 4) is 0 Å². The highest BCUT2D eigenvalue weighted by Gasteiger charge is 2.41. The number of hydrogen-bond acceptors (Lipinski definition) is 6. The lowest BCUT2D eigenvalue weighted by molar-refractivity contribution is 0.0257. The highest BCUT2D eigenvalue weighted by molar-refractivity contribution is 7.92. The highest BCUT2D eigenvalue weighted by atomic mass is 32.2. The van der Waals surface area contributed by atoms with E-state index in [1.165, 1.54) is 0 Å². The van der Waals surface area contributed by atoms with Crippen molar-refractivity contribution in [2.24, 2.45) is 0 Å². The van der Waals surface area contributed by atoms with E-state index in [1.807, 2.05) is 20.8 Å². The van der Waals surface area contributed by atoms with Gasteiger partial charge in [-0.05, 0) is 0 Å². The van der Waals surface area contributed by atoms with Crippen LogP contribution in [-0.4, -0.2) is 58.7 Å². The standard InChI is InChI=1S/C16H21F2N5O2S/c1-15(2,3)14-20-12(22-5-4-16(17,18)9-22)11-6-19-23(13(11)21-14)10-7-26(24,25)8-10/h6,10H,4-5,7-9H2,1-3H3. The summed E-state index contributed by atoms with van der Waals surface area (Å²) in [7, 11) is -3.02. The molecule has 0 unspecified atom stereocenters. The van der Waals surface area contributed by atoms with Gasteiger partial charge in [0.25, 0.3) is 5.92 Å². The van der Waals surface area contributed by atoms with E-state index in [4.69, 9.17) is 0 Å². The Kier molecular flexibility index (Phi) is 3.61. The van der Waals surface area contributed by atoms with Crippen molar-refractivity contribution in [2.45, 2.75) is 44.6 Å². The fourth-order valence-corrected chi connectivity index (χ4v) is 4.71. The van der Waals surface area contributed by atoms with Crippen molar-refractivity contribution in [1.82, 2.24) is 19.7 Å². The predicted octanol–water partition coefficient (Wildman–Crippen LogP) is 1.94. The molecule has 0 radical (unpaired) electrons. The number of rotatable bonds is 2. The molecule has 2 aromatic heterocycles. The van der Waals surface area contributed by atoms with E-state index in [0.29, 0.717) is 22.7 Å². The minimum absolute atomic E-state index is 0.0236. The number of halogens is 2. The van der Waals surface area contributed by atoms with Gasteiger partial charge in [0.1, 0.15) is 11.6 Å². The average molecular weight is 385 g/mol. The number of nitrogens with zero attached hydrogens (tertiary/aromatic N) is 5. The zero-order valence-electron chi connectivity index (χ0n) is 14.9. The van der Waals surface area contributed by atoms with Gasteiger partial charge in [-0.1, -0.05) is 20.8 Å². The van der Waals surface area contributed by atoms with Crippen LogP contribution in [0, 0.1) is 0 Å². The molecule has 0 spiro atoms. The van der Waals surface area contributed by atoms with Crippen LogP contribution in [0.2, 0.25) is 0 Å². The fourth-order valence-electron chi connectivity index (χ4n) is 3.35. The fraction of sp³-hybridized carbons (Fsp3) is 0.688. The van der Waals surface area contributed by atoms with Gasteiger partial charge in [0.15, 0.2) is 15.5 Å². The Morgan fingerprint density at radius 1 is 1.23 bits per heavy atom. The van der Waals surface area contributed by atoms with E-state index in [2.05, 4.69) is 15.1 Å². The van der Waals surface area contributed by atoms with Gasteiger partial charge >= 0.3 is 0 Å². The molecule has 2 saturated heterocycles. The molecule has 4 heterocycles. The van der Waals surface area contributed by atoms with Crippen LogP contribution in [-0.2, 0) is 15.3 Å². The van der Waals surface area contributed by atoms with Crippen molar-refractivity contribution < 1.29 is 17.2 Å². The van der Waals surface area contributed by atoms with E-state index in [1.54, 1.807) is 15.8 Å². The van der Waals surface area contributed by atoms with Crippen molar-refractivity contribution in [3.05, 3.63) is 12.0 Å². The van der Waals surface area contributed by atoms with Gasteiger partial charge in [0.05, 0.1) is 35.7 Å². The van der Waals surface area contributed by atoms with Gasteiger partial charge in [-0.25, -0.2) is 31.8 Å². The Labute approximate surface area is 150 Å². The molecule has 26 heavy (non-hydrogen) atoms. The predicted molar refractivity (Wildman–Crippen MR) is 93.5 cm³/mol. The molecular formula is C16H21F2N5O2S. The SMILES string of the molecule is CC(C)(C)c1nc(N2CCC(F)(F)C2)c2cnn(C3CS(=O)(=O)C3)c2n1. The van der Waals surface area contributed by atoms with Crippen molar-refractivity contribution >= 4 is 26.7 Å². The van der Waals surface area contributed by atoms with E-state index in [-0.39, 0.29) is 42.5 Å².